The van der Waals surface area contributed by atoms with Crippen molar-refractivity contribution in [2.24, 2.45) is 0 Å². The van der Waals surface area contributed by atoms with Gasteiger partial charge in [0.1, 0.15) is 16.9 Å². The maximum Gasteiger partial charge on any atom is 0.569 e. The van der Waals surface area contributed by atoms with Gasteiger partial charge in [0.05, 0.1) is 22.2 Å². The van der Waals surface area contributed by atoms with E-state index < -0.39 is 0 Å². The Morgan fingerprint density at radius 2 is 0.903 bits per heavy atom. The molecule has 10 heteroatoms. The number of halogens is 1. The second kappa shape index (κ2) is 17.8. The minimum absolute atomic E-state index is 0.0270. The molecule has 2 aliphatic carbocycles. The van der Waals surface area contributed by atoms with Gasteiger partial charge < -0.3 is 18.5 Å². The standard InChI is InChI=1S/C31H22N2O.C16H9ClN2O.C15H14BO2/c1-31(2)24-14-8-6-12-21(24)22-17-16-20(18-25(22)31)29-32-28(19-10-4-3-5-11-19)27-23-13-7-9-15-26(23)34-30(27)33-29;17-16-18-14(10-6-2-1-3-7-10)13-11-8-4-5-9-12(11)20-15(13)19-16;1-15(2)13-6-4-3-5-11(13)12-8-7-10(18-16-17)9-14(12)15/h3-18H,1-2H3;1-9H;3-9,17H,1-2H3. The van der Waals surface area contributed by atoms with Gasteiger partial charge in [0.2, 0.25) is 16.7 Å². The summed E-state index contributed by atoms with van der Waals surface area (Å²) in [4.78, 5) is 18.6. The molecule has 1 radical (unpaired) electrons. The van der Waals surface area contributed by atoms with Crippen molar-refractivity contribution >= 4 is 63.4 Å². The lowest BCUT2D eigenvalue weighted by Crippen LogP contribution is -2.15. The maximum atomic E-state index is 8.72. The lowest BCUT2D eigenvalue weighted by Gasteiger charge is -2.21. The summed E-state index contributed by atoms with van der Waals surface area (Å²) in [7, 11) is 0.719. The molecule has 4 aromatic heterocycles. The van der Waals surface area contributed by atoms with Crippen molar-refractivity contribution in [3.8, 4) is 61.9 Å². The Labute approximate surface area is 421 Å². The Kier molecular flexibility index (Phi) is 11.1. The Bertz CT molecular complexity index is 4040. The maximum absolute atomic E-state index is 8.72. The first-order valence-electron chi connectivity index (χ1n) is 23.8. The molecule has 8 aromatic carbocycles. The summed E-state index contributed by atoms with van der Waals surface area (Å²) >= 11 is 6.02. The van der Waals surface area contributed by atoms with Gasteiger partial charge in [-0.1, -0.05) is 191 Å². The summed E-state index contributed by atoms with van der Waals surface area (Å²) in [6, 6.07) is 65.8. The Balaban J connectivity index is 0.000000119. The van der Waals surface area contributed by atoms with Gasteiger partial charge in [-0.25, -0.2) is 9.97 Å². The third kappa shape index (κ3) is 7.60. The van der Waals surface area contributed by atoms with Crippen LogP contribution >= 0.6 is 11.6 Å². The van der Waals surface area contributed by atoms with Gasteiger partial charge in [0, 0.05) is 38.3 Å². The molecule has 0 aliphatic heterocycles. The molecule has 0 atom stereocenters. The van der Waals surface area contributed by atoms with Gasteiger partial charge in [-0.05, 0) is 86.4 Å². The molecule has 8 nitrogen and oxygen atoms in total. The summed E-state index contributed by atoms with van der Waals surface area (Å²) in [5, 5.41) is 12.8. The van der Waals surface area contributed by atoms with Gasteiger partial charge in [-0.15, -0.1) is 0 Å². The van der Waals surface area contributed by atoms with E-state index in [9.17, 15) is 0 Å². The molecule has 0 fully saturated rings. The third-order valence-electron chi connectivity index (χ3n) is 14.1. The molecule has 72 heavy (non-hydrogen) atoms. The highest BCUT2D eigenvalue weighted by Crippen LogP contribution is 2.51. The largest absolute Gasteiger partial charge is 0.569 e. The van der Waals surface area contributed by atoms with Crippen LogP contribution in [0.2, 0.25) is 5.28 Å². The molecule has 14 rings (SSSR count). The van der Waals surface area contributed by atoms with Crippen LogP contribution in [0, 0.1) is 0 Å². The molecule has 12 aromatic rings. The predicted molar refractivity (Wildman–Crippen MR) is 290 cm³/mol. The molecule has 0 spiro atoms. The van der Waals surface area contributed by atoms with Crippen LogP contribution in [0.25, 0.3) is 100 Å². The fraction of sp³-hybridized carbons (Fsp3) is 0.0968. The smallest absolute Gasteiger partial charge is 0.537 e. The normalized spacial score (nSPS) is 13.4. The van der Waals surface area contributed by atoms with Gasteiger partial charge in [0.15, 0.2) is 5.82 Å². The molecule has 2 aliphatic rings. The van der Waals surface area contributed by atoms with Crippen molar-refractivity contribution in [2.45, 2.75) is 38.5 Å². The lowest BCUT2D eigenvalue weighted by molar-refractivity contribution is 0.453. The molecule has 0 bridgehead atoms. The number of benzene rings is 8. The zero-order valence-corrected chi connectivity index (χ0v) is 40.6. The van der Waals surface area contributed by atoms with Crippen molar-refractivity contribution in [3.63, 3.8) is 0 Å². The minimum atomic E-state index is -0.0757. The van der Waals surface area contributed by atoms with Crippen molar-refractivity contribution in [1.82, 2.24) is 19.9 Å². The van der Waals surface area contributed by atoms with E-state index in [-0.39, 0.29) is 16.1 Å². The molecule has 0 amide bonds. The average Bonchev–Trinajstić information content (AvgIpc) is 4.11. The summed E-state index contributed by atoms with van der Waals surface area (Å²) < 4.78 is 17.0. The van der Waals surface area contributed by atoms with E-state index in [0.29, 0.717) is 23.0 Å². The van der Waals surface area contributed by atoms with Crippen molar-refractivity contribution in [1.29, 1.82) is 0 Å². The van der Waals surface area contributed by atoms with Crippen LogP contribution in [-0.4, -0.2) is 32.6 Å². The number of nitrogens with zero attached hydrogens (tertiary/aromatic N) is 4. The predicted octanol–water partition coefficient (Wildman–Crippen LogP) is 15.6. The molecule has 0 saturated carbocycles. The number of hydrogen-bond donors (Lipinski definition) is 1. The number of para-hydroxylation sites is 2. The summed E-state index contributed by atoms with van der Waals surface area (Å²) in [6.45, 7) is 9.01. The van der Waals surface area contributed by atoms with Crippen LogP contribution in [0.4, 0.5) is 0 Å². The fourth-order valence-corrected chi connectivity index (χ4v) is 10.8. The Morgan fingerprint density at radius 3 is 1.47 bits per heavy atom. The van der Waals surface area contributed by atoms with E-state index in [0.717, 1.165) is 68.5 Å². The summed E-state index contributed by atoms with van der Waals surface area (Å²) in [5.41, 5.74) is 17.8. The van der Waals surface area contributed by atoms with E-state index in [1.54, 1.807) is 0 Å². The fourth-order valence-electron chi connectivity index (χ4n) is 10.6. The molecule has 0 saturated heterocycles. The highest BCUT2D eigenvalue weighted by atomic mass is 35.5. The van der Waals surface area contributed by atoms with Crippen LogP contribution in [0.5, 0.6) is 5.75 Å². The molecule has 347 valence electrons. The topological polar surface area (TPSA) is 107 Å². The minimum Gasteiger partial charge on any atom is -0.537 e. The monoisotopic (exact) mass is 955 g/mol. The quantitative estimate of drug-likeness (QED) is 0.134. The Morgan fingerprint density at radius 1 is 0.444 bits per heavy atom. The molecule has 0 unspecified atom stereocenters. The number of rotatable bonds is 5. The summed E-state index contributed by atoms with van der Waals surface area (Å²) in [6.07, 6.45) is 0. The van der Waals surface area contributed by atoms with Crippen LogP contribution in [0.1, 0.15) is 49.9 Å². The summed E-state index contributed by atoms with van der Waals surface area (Å²) in [5.74, 6) is 1.34. The van der Waals surface area contributed by atoms with Crippen molar-refractivity contribution in [2.75, 3.05) is 0 Å². The van der Waals surface area contributed by atoms with E-state index in [2.05, 4.69) is 129 Å². The number of hydrogen-bond acceptors (Lipinski definition) is 8. The van der Waals surface area contributed by atoms with Gasteiger partial charge in [-0.3, -0.25) is 0 Å². The van der Waals surface area contributed by atoms with Gasteiger partial charge in [-0.2, -0.15) is 9.97 Å². The SMILES string of the molecule is CC1(C)c2ccccc2-c2ccc(-c3nc(-c4ccccc4)c4c(n3)oc3ccccc34)cc21.CC1(C)c2ccccc2-c2ccc(O[B]O)cc21.Clc1nc(-c2ccccc2)c2c(n1)oc1ccccc12. The van der Waals surface area contributed by atoms with Gasteiger partial charge in [0.25, 0.3) is 0 Å². The molecule has 4 heterocycles. The van der Waals surface area contributed by atoms with Gasteiger partial charge >= 0.3 is 7.69 Å². The van der Waals surface area contributed by atoms with E-state index in [1.807, 2.05) is 103 Å². The van der Waals surface area contributed by atoms with Crippen molar-refractivity contribution < 1.29 is 18.5 Å². The zero-order chi connectivity index (χ0) is 49.1. The van der Waals surface area contributed by atoms with E-state index in [4.69, 9.17) is 40.1 Å². The zero-order valence-electron chi connectivity index (χ0n) is 39.9. The number of aromatic nitrogens is 4. The molecular formula is C62H45BClN4O4. The highest BCUT2D eigenvalue weighted by Gasteiger charge is 2.37. The second-order valence-corrected chi connectivity index (χ2v) is 19.4. The number of furan rings is 2. The average molecular weight is 956 g/mol. The molecular weight excluding hydrogens is 911 g/mol. The Hall–Kier alpha value is -8.37. The number of fused-ring (bicyclic) bond motifs is 12. The molecule has 1 N–H and O–H groups in total. The van der Waals surface area contributed by atoms with Crippen LogP contribution < -0.4 is 4.65 Å². The van der Waals surface area contributed by atoms with Crippen LogP contribution in [0.3, 0.4) is 0 Å². The highest BCUT2D eigenvalue weighted by molar-refractivity contribution is 6.29. The van der Waals surface area contributed by atoms with Crippen molar-refractivity contribution in [3.05, 3.63) is 222 Å². The van der Waals surface area contributed by atoms with Crippen LogP contribution in [-0.2, 0) is 10.8 Å². The third-order valence-corrected chi connectivity index (χ3v) is 14.3. The van der Waals surface area contributed by atoms with E-state index in [1.165, 1.54) is 44.5 Å². The second-order valence-electron chi connectivity index (χ2n) is 19.1. The van der Waals surface area contributed by atoms with Crippen LogP contribution in [0.15, 0.2) is 203 Å². The first-order valence-corrected chi connectivity index (χ1v) is 24.2. The first kappa shape index (κ1) is 44.8. The first-order chi connectivity index (χ1) is 35.1. The lowest BCUT2D eigenvalue weighted by atomic mass is 9.82. The van der Waals surface area contributed by atoms with E-state index >= 15 is 0 Å².